The van der Waals surface area contributed by atoms with Crippen LogP contribution >= 0.6 is 11.3 Å². The lowest BCUT2D eigenvalue weighted by Crippen LogP contribution is -2.30. The smallest absolute Gasteiger partial charge is 0.263 e. The largest absolute Gasteiger partial charge is 0.397 e. The van der Waals surface area contributed by atoms with E-state index in [4.69, 9.17) is 5.73 Å². The lowest BCUT2D eigenvalue weighted by molar-refractivity contribution is 0.0949. The first kappa shape index (κ1) is 14.4. The Hall–Kier alpha value is -1.55. The van der Waals surface area contributed by atoms with Crippen molar-refractivity contribution in [2.24, 2.45) is 11.8 Å². The van der Waals surface area contributed by atoms with Crippen molar-refractivity contribution in [1.29, 1.82) is 0 Å². The van der Waals surface area contributed by atoms with E-state index in [1.807, 2.05) is 12.1 Å². The first-order valence-corrected chi connectivity index (χ1v) is 8.45. The van der Waals surface area contributed by atoms with E-state index in [1.54, 1.807) is 0 Å². The van der Waals surface area contributed by atoms with Crippen LogP contribution < -0.4 is 11.1 Å². The summed E-state index contributed by atoms with van der Waals surface area (Å²) in [6.07, 6.45) is 3.79. The molecule has 1 aliphatic rings. The van der Waals surface area contributed by atoms with Crippen LogP contribution in [0.15, 0.2) is 18.2 Å². The number of hydrogen-bond acceptors (Lipinski definition) is 3. The molecule has 2 atom stereocenters. The van der Waals surface area contributed by atoms with Crippen molar-refractivity contribution in [3.8, 4) is 0 Å². The molecule has 3 rings (SSSR count). The van der Waals surface area contributed by atoms with E-state index in [9.17, 15) is 4.79 Å². The maximum Gasteiger partial charge on any atom is 0.263 e. The van der Waals surface area contributed by atoms with Crippen molar-refractivity contribution in [3.63, 3.8) is 0 Å². The molecule has 1 aliphatic carbocycles. The van der Waals surface area contributed by atoms with Gasteiger partial charge in [0.05, 0.1) is 5.69 Å². The van der Waals surface area contributed by atoms with Crippen LogP contribution in [0, 0.1) is 18.8 Å². The van der Waals surface area contributed by atoms with Gasteiger partial charge in [-0.1, -0.05) is 38.0 Å². The molecule has 0 radical (unpaired) electrons. The maximum absolute atomic E-state index is 12.4. The molecule has 1 fully saturated rings. The van der Waals surface area contributed by atoms with Crippen LogP contribution in [0.25, 0.3) is 10.1 Å². The zero-order valence-electron chi connectivity index (χ0n) is 12.6. The molecule has 2 aromatic rings. The highest BCUT2D eigenvalue weighted by molar-refractivity contribution is 7.21. The molecule has 3 N–H and O–H groups in total. The van der Waals surface area contributed by atoms with Gasteiger partial charge in [0.1, 0.15) is 4.88 Å². The lowest BCUT2D eigenvalue weighted by atomic mass is 9.98. The number of anilines is 1. The first-order chi connectivity index (χ1) is 10.1. The topological polar surface area (TPSA) is 55.1 Å². The molecular weight excluding hydrogens is 280 g/mol. The fourth-order valence-corrected chi connectivity index (χ4v) is 4.38. The molecule has 1 heterocycles. The molecule has 1 aromatic heterocycles. The molecular formula is C17H22N2OS. The summed E-state index contributed by atoms with van der Waals surface area (Å²) in [6, 6.07) is 6.03. The summed E-state index contributed by atoms with van der Waals surface area (Å²) in [5, 5.41) is 4.08. The fourth-order valence-electron chi connectivity index (χ4n) is 3.28. The average molecular weight is 302 g/mol. The Bertz CT molecular complexity index is 677. The molecule has 0 saturated heterocycles. The molecule has 0 aliphatic heterocycles. The van der Waals surface area contributed by atoms with Gasteiger partial charge in [0.25, 0.3) is 5.91 Å². The highest BCUT2D eigenvalue weighted by Crippen LogP contribution is 2.36. The van der Waals surface area contributed by atoms with Crippen molar-refractivity contribution in [1.82, 2.24) is 5.32 Å². The minimum atomic E-state index is -0.0211. The number of aryl methyl sites for hydroxylation is 1. The quantitative estimate of drug-likeness (QED) is 0.901. The molecule has 3 nitrogen and oxygen atoms in total. The Kier molecular flexibility index (Phi) is 3.89. The highest BCUT2D eigenvalue weighted by Gasteiger charge is 2.24. The zero-order valence-corrected chi connectivity index (χ0v) is 13.4. The van der Waals surface area contributed by atoms with Crippen LogP contribution in [0.3, 0.4) is 0 Å². The number of nitrogens with two attached hydrogens (primary N) is 1. The second kappa shape index (κ2) is 5.68. The number of hydrogen-bond donors (Lipinski definition) is 2. The number of thiophene rings is 1. The second-order valence-corrected chi connectivity index (χ2v) is 7.20. The van der Waals surface area contributed by atoms with Gasteiger partial charge in [0.15, 0.2) is 0 Å². The van der Waals surface area contributed by atoms with Crippen molar-refractivity contribution in [3.05, 3.63) is 28.6 Å². The molecule has 2 unspecified atom stereocenters. The van der Waals surface area contributed by atoms with Gasteiger partial charge in [-0.15, -0.1) is 11.3 Å². The fraction of sp³-hybridized carbons (Fsp3) is 0.471. The third-order valence-corrected chi connectivity index (χ3v) is 6.08. The van der Waals surface area contributed by atoms with Gasteiger partial charge in [-0.3, -0.25) is 4.79 Å². The SMILES string of the molecule is Cc1cccc2c(N)c(C(=O)NCC3CCCC3C)sc12. The van der Waals surface area contributed by atoms with E-state index >= 15 is 0 Å². The number of rotatable bonds is 3. The summed E-state index contributed by atoms with van der Waals surface area (Å²) in [4.78, 5) is 13.1. The van der Waals surface area contributed by atoms with Crippen LogP contribution in [0.2, 0.25) is 0 Å². The predicted molar refractivity (Wildman–Crippen MR) is 89.8 cm³/mol. The molecule has 1 amide bonds. The summed E-state index contributed by atoms with van der Waals surface area (Å²) in [6.45, 7) is 5.10. The summed E-state index contributed by atoms with van der Waals surface area (Å²) >= 11 is 1.50. The van der Waals surface area contributed by atoms with Crippen LogP contribution in [-0.2, 0) is 0 Å². The Morgan fingerprint density at radius 1 is 1.43 bits per heavy atom. The molecule has 1 saturated carbocycles. The summed E-state index contributed by atoms with van der Waals surface area (Å²) in [5.41, 5.74) is 7.96. The molecule has 0 bridgehead atoms. The normalized spacial score (nSPS) is 21.8. The Morgan fingerprint density at radius 2 is 2.24 bits per heavy atom. The minimum absolute atomic E-state index is 0.0211. The number of amides is 1. The average Bonchev–Trinajstić information content (AvgIpc) is 3.02. The van der Waals surface area contributed by atoms with Gasteiger partial charge in [-0.2, -0.15) is 0 Å². The van der Waals surface area contributed by atoms with Gasteiger partial charge >= 0.3 is 0 Å². The second-order valence-electron chi connectivity index (χ2n) is 6.17. The summed E-state index contributed by atoms with van der Waals surface area (Å²) in [7, 11) is 0. The molecule has 112 valence electrons. The monoisotopic (exact) mass is 302 g/mol. The van der Waals surface area contributed by atoms with E-state index < -0.39 is 0 Å². The number of nitrogen functional groups attached to an aromatic ring is 1. The van der Waals surface area contributed by atoms with Crippen molar-refractivity contribution in [2.45, 2.75) is 33.1 Å². The zero-order chi connectivity index (χ0) is 15.0. The van der Waals surface area contributed by atoms with Crippen molar-refractivity contribution < 1.29 is 4.79 Å². The number of benzene rings is 1. The Labute approximate surface area is 129 Å². The van der Waals surface area contributed by atoms with Gasteiger partial charge in [0.2, 0.25) is 0 Å². The number of carbonyl (C=O) groups excluding carboxylic acids is 1. The van der Waals surface area contributed by atoms with E-state index in [1.165, 1.54) is 36.2 Å². The molecule has 1 aromatic carbocycles. The summed E-state index contributed by atoms with van der Waals surface area (Å²) < 4.78 is 1.12. The first-order valence-electron chi connectivity index (χ1n) is 7.63. The predicted octanol–water partition coefficient (Wildman–Crippen LogP) is 3.96. The highest BCUT2D eigenvalue weighted by atomic mass is 32.1. The van der Waals surface area contributed by atoms with E-state index in [0.717, 1.165) is 16.6 Å². The lowest BCUT2D eigenvalue weighted by Gasteiger charge is -2.15. The summed E-state index contributed by atoms with van der Waals surface area (Å²) in [5.74, 6) is 1.31. The maximum atomic E-state index is 12.4. The van der Waals surface area contributed by atoms with Gasteiger partial charge in [-0.25, -0.2) is 0 Å². The number of nitrogens with one attached hydrogen (secondary N) is 1. The number of carbonyl (C=O) groups is 1. The molecule has 4 heteroatoms. The standard InChI is InChI=1S/C17H22N2OS/c1-10-5-3-7-12(10)9-19-17(20)16-14(18)13-8-4-6-11(2)15(13)21-16/h4,6,8,10,12H,3,5,7,9,18H2,1-2H3,(H,19,20). The Balaban J connectivity index is 1.78. The molecule has 0 spiro atoms. The van der Waals surface area contributed by atoms with E-state index in [2.05, 4.69) is 25.2 Å². The van der Waals surface area contributed by atoms with Gasteiger partial charge in [-0.05, 0) is 30.7 Å². The number of fused-ring (bicyclic) bond motifs is 1. The van der Waals surface area contributed by atoms with E-state index in [0.29, 0.717) is 22.4 Å². The minimum Gasteiger partial charge on any atom is -0.397 e. The van der Waals surface area contributed by atoms with E-state index in [-0.39, 0.29) is 5.91 Å². The Morgan fingerprint density at radius 3 is 2.90 bits per heavy atom. The van der Waals surface area contributed by atoms with Gasteiger partial charge in [0, 0.05) is 16.6 Å². The van der Waals surface area contributed by atoms with Crippen LogP contribution in [0.1, 0.15) is 41.4 Å². The molecule has 21 heavy (non-hydrogen) atoms. The van der Waals surface area contributed by atoms with Crippen molar-refractivity contribution in [2.75, 3.05) is 12.3 Å². The van der Waals surface area contributed by atoms with Crippen LogP contribution in [-0.4, -0.2) is 12.5 Å². The third-order valence-electron chi connectivity index (χ3n) is 4.72. The van der Waals surface area contributed by atoms with Crippen LogP contribution in [0.5, 0.6) is 0 Å². The van der Waals surface area contributed by atoms with Crippen molar-refractivity contribution >= 4 is 33.0 Å². The van der Waals surface area contributed by atoms with Crippen LogP contribution in [0.4, 0.5) is 5.69 Å². The third kappa shape index (κ3) is 2.64. The van der Waals surface area contributed by atoms with Gasteiger partial charge < -0.3 is 11.1 Å².